The van der Waals surface area contributed by atoms with Gasteiger partial charge in [-0.05, 0) is 65.4 Å². The Morgan fingerprint density at radius 1 is 0.500 bits per heavy atom. The van der Waals surface area contributed by atoms with E-state index in [-0.39, 0.29) is 62.1 Å². The van der Waals surface area contributed by atoms with E-state index >= 15 is 0 Å². The second-order valence-electron chi connectivity index (χ2n) is 12.9. The molecule has 274 valence electrons. The summed E-state index contributed by atoms with van der Waals surface area (Å²) in [4.78, 5) is 14.5. The summed E-state index contributed by atoms with van der Waals surface area (Å²) in [6, 6.07) is 20.7. The average Bonchev–Trinajstić information content (AvgIpc) is 3.16. The molecule has 0 spiro atoms. The van der Waals surface area contributed by atoms with Crippen molar-refractivity contribution in [3.05, 3.63) is 107 Å². The van der Waals surface area contributed by atoms with Crippen molar-refractivity contribution in [2.45, 2.75) is 40.6 Å². The van der Waals surface area contributed by atoms with Gasteiger partial charge in [0.2, 0.25) is 35.8 Å². The highest BCUT2D eigenvalue weighted by Crippen LogP contribution is 2.44. The Bertz CT molecular complexity index is 2400. The van der Waals surface area contributed by atoms with E-state index < -0.39 is 63.7 Å². The molecule has 1 amide bonds. The summed E-state index contributed by atoms with van der Waals surface area (Å²) in [5, 5.41) is 32.0. The smallest absolute Gasteiger partial charge is 0.258 e. The fraction of sp³-hybridized carbons (Fsp3) is 0.286. The van der Waals surface area contributed by atoms with Gasteiger partial charge in [-0.15, -0.1) is 0 Å². The number of amides is 1. The van der Waals surface area contributed by atoms with Gasteiger partial charge in [0.15, 0.2) is 11.5 Å². The van der Waals surface area contributed by atoms with Crippen molar-refractivity contribution in [3.8, 4) is 17.2 Å². The lowest BCUT2D eigenvalue weighted by molar-refractivity contribution is 0.0730. The highest BCUT2D eigenvalue weighted by Gasteiger charge is 2.37. The van der Waals surface area contributed by atoms with Crippen LogP contribution in [0.25, 0.3) is 0 Å². The molecule has 1 fully saturated rings. The summed E-state index contributed by atoms with van der Waals surface area (Å²) in [5.41, 5.74) is 2.52. The Hall–Kier alpha value is -4.52. The Morgan fingerprint density at radius 2 is 1.08 bits per heavy atom. The number of carbonyl (C=O) groups is 1. The zero-order chi connectivity index (χ0) is 37.0. The molecule has 14 nitrogen and oxygen atoms in total. The van der Waals surface area contributed by atoms with Crippen LogP contribution in [-0.4, -0.2) is 104 Å². The van der Waals surface area contributed by atoms with Crippen molar-refractivity contribution < 1.29 is 45.4 Å². The minimum Gasteiger partial charge on any atom is -0.504 e. The molecule has 4 aromatic rings. The molecular formula is C35H36N4O10S3. The van der Waals surface area contributed by atoms with E-state index in [1.165, 1.54) is 37.8 Å². The third-order valence-electron chi connectivity index (χ3n) is 9.85. The number of nitrogens with zero attached hydrogens (tertiary/aromatic N) is 4. The number of rotatable bonds is 7. The number of phenols is 3. The van der Waals surface area contributed by atoms with Crippen LogP contribution in [0.4, 0.5) is 0 Å². The molecule has 0 unspecified atom stereocenters. The fourth-order valence-electron chi connectivity index (χ4n) is 6.88. The van der Waals surface area contributed by atoms with Gasteiger partial charge < -0.3 is 20.2 Å². The van der Waals surface area contributed by atoms with E-state index in [1.54, 1.807) is 36.4 Å². The van der Waals surface area contributed by atoms with Crippen molar-refractivity contribution in [1.29, 1.82) is 0 Å². The number of hydrogen-bond acceptors (Lipinski definition) is 10. The lowest BCUT2D eigenvalue weighted by atomic mass is 9.99. The first-order valence-electron chi connectivity index (χ1n) is 16.5. The molecule has 3 aliphatic rings. The molecule has 7 rings (SSSR count). The molecular weight excluding hydrogens is 733 g/mol. The fourth-order valence-corrected chi connectivity index (χ4v) is 11.3. The number of piperazine rings is 1. The Kier molecular flexibility index (Phi) is 9.29. The van der Waals surface area contributed by atoms with Crippen LogP contribution >= 0.6 is 0 Å². The third-order valence-corrected chi connectivity index (χ3v) is 15.5. The largest absolute Gasteiger partial charge is 0.504 e. The van der Waals surface area contributed by atoms with Crippen molar-refractivity contribution in [2.24, 2.45) is 0 Å². The third kappa shape index (κ3) is 6.30. The van der Waals surface area contributed by atoms with Crippen molar-refractivity contribution in [2.75, 3.05) is 39.3 Å². The van der Waals surface area contributed by atoms with E-state index in [4.69, 9.17) is 0 Å². The Balaban J connectivity index is 1.10. The van der Waals surface area contributed by atoms with Gasteiger partial charge in [-0.3, -0.25) is 4.79 Å². The van der Waals surface area contributed by atoms with E-state index in [1.807, 2.05) is 12.1 Å². The molecule has 4 aromatic carbocycles. The molecule has 1 saturated heterocycles. The lowest BCUT2D eigenvalue weighted by Gasteiger charge is -2.34. The number of benzene rings is 4. The van der Waals surface area contributed by atoms with Gasteiger partial charge >= 0.3 is 0 Å². The Morgan fingerprint density at radius 3 is 1.75 bits per heavy atom. The molecule has 0 bridgehead atoms. The molecule has 0 radical (unpaired) electrons. The minimum atomic E-state index is -4.44. The van der Waals surface area contributed by atoms with E-state index in [0.717, 1.165) is 27.1 Å². The standard InChI is InChI=1S/C35H36N4O10S3/c40-32-30(21-31(33(41)34(32)42)52(48,49)39-15-13-24-6-4-5-7-26(24)23-39)35(43)36-14-12-25-10-11-29(20-27(25)22-36)51(46,47)38-18-16-37(17-19-38)50(44,45)28-8-2-1-3-9-28/h1-11,20-21,40-42H,12-19,22-23H2. The van der Waals surface area contributed by atoms with Crippen LogP contribution in [-0.2, 0) is 56.0 Å². The summed E-state index contributed by atoms with van der Waals surface area (Å²) in [6.45, 7) is -0.0248. The molecule has 0 saturated carbocycles. The van der Waals surface area contributed by atoms with Crippen LogP contribution in [0, 0.1) is 0 Å². The monoisotopic (exact) mass is 768 g/mol. The average molecular weight is 769 g/mol. The molecule has 3 N–H and O–H groups in total. The summed E-state index contributed by atoms with van der Waals surface area (Å²) >= 11 is 0. The first-order chi connectivity index (χ1) is 24.7. The van der Waals surface area contributed by atoms with Gasteiger partial charge in [0, 0.05) is 52.4 Å². The highest BCUT2D eigenvalue weighted by molar-refractivity contribution is 7.90. The van der Waals surface area contributed by atoms with Crippen LogP contribution in [0.3, 0.4) is 0 Å². The molecule has 52 heavy (non-hydrogen) atoms. The molecule has 0 atom stereocenters. The van der Waals surface area contributed by atoms with Gasteiger partial charge in [0.1, 0.15) is 4.90 Å². The summed E-state index contributed by atoms with van der Waals surface area (Å²) in [7, 11) is -12.3. The predicted octanol–water partition coefficient (Wildman–Crippen LogP) is 2.44. The number of fused-ring (bicyclic) bond motifs is 2. The van der Waals surface area contributed by atoms with Crippen molar-refractivity contribution in [3.63, 3.8) is 0 Å². The maximum absolute atomic E-state index is 13.8. The molecule has 3 heterocycles. The lowest BCUT2D eigenvalue weighted by Crippen LogP contribution is -2.50. The maximum Gasteiger partial charge on any atom is 0.258 e. The van der Waals surface area contributed by atoms with E-state index in [0.29, 0.717) is 18.4 Å². The van der Waals surface area contributed by atoms with Crippen molar-refractivity contribution in [1.82, 2.24) is 17.8 Å². The zero-order valence-electron chi connectivity index (χ0n) is 27.8. The normalized spacial score (nSPS) is 17.7. The number of hydrogen-bond donors (Lipinski definition) is 3. The Labute approximate surface area is 301 Å². The first kappa shape index (κ1) is 35.9. The SMILES string of the molecule is O=C(c1cc(S(=O)(=O)N2CCc3ccccc3C2)c(O)c(O)c1O)N1CCc2ccc(S(=O)(=O)N3CCN(S(=O)(=O)c4ccccc4)CC3)cc2C1. The summed E-state index contributed by atoms with van der Waals surface area (Å²) < 4.78 is 84.6. The van der Waals surface area contributed by atoms with Gasteiger partial charge in [-0.25, -0.2) is 25.3 Å². The van der Waals surface area contributed by atoms with Gasteiger partial charge in [-0.1, -0.05) is 48.5 Å². The topological polar surface area (TPSA) is 193 Å². The molecule has 17 heteroatoms. The van der Waals surface area contributed by atoms with Gasteiger partial charge in [0.25, 0.3) is 5.91 Å². The zero-order valence-corrected chi connectivity index (χ0v) is 30.2. The van der Waals surface area contributed by atoms with Crippen LogP contribution in [0.1, 0.15) is 32.6 Å². The van der Waals surface area contributed by atoms with Crippen LogP contribution in [0.2, 0.25) is 0 Å². The number of phenolic OH excluding ortho intramolecular Hbond substituents is 3. The molecule has 0 aromatic heterocycles. The van der Waals surface area contributed by atoms with Crippen LogP contribution < -0.4 is 0 Å². The van der Waals surface area contributed by atoms with Crippen LogP contribution in [0.15, 0.2) is 93.5 Å². The minimum absolute atomic E-state index is 0.0134. The predicted molar refractivity (Wildman–Crippen MR) is 188 cm³/mol. The summed E-state index contributed by atoms with van der Waals surface area (Å²) in [6.07, 6.45) is 0.740. The quantitative estimate of drug-likeness (QED) is 0.235. The number of sulfonamides is 3. The number of aromatic hydroxyl groups is 3. The van der Waals surface area contributed by atoms with Gasteiger partial charge in [0.05, 0.1) is 15.4 Å². The van der Waals surface area contributed by atoms with Crippen molar-refractivity contribution >= 4 is 36.0 Å². The van der Waals surface area contributed by atoms with Crippen LogP contribution in [0.5, 0.6) is 17.2 Å². The van der Waals surface area contributed by atoms with Gasteiger partial charge in [-0.2, -0.15) is 12.9 Å². The second kappa shape index (κ2) is 13.5. The highest BCUT2D eigenvalue weighted by atomic mass is 32.2. The molecule has 0 aliphatic carbocycles. The van der Waals surface area contributed by atoms with E-state index in [2.05, 4.69) is 0 Å². The second-order valence-corrected chi connectivity index (χ2v) is 18.6. The van der Waals surface area contributed by atoms with E-state index in [9.17, 15) is 45.4 Å². The summed E-state index contributed by atoms with van der Waals surface area (Å²) in [5.74, 6) is -4.04. The molecule has 3 aliphatic heterocycles. The first-order valence-corrected chi connectivity index (χ1v) is 20.8. The number of carbonyl (C=O) groups excluding carboxylic acids is 1. The maximum atomic E-state index is 13.8.